The molecule has 1 aromatic rings. The lowest BCUT2D eigenvalue weighted by Crippen LogP contribution is -3.00. The van der Waals surface area contributed by atoms with Crippen molar-refractivity contribution in [3.05, 3.63) is 35.4 Å². The van der Waals surface area contributed by atoms with Crippen molar-refractivity contribution in [3.8, 4) is 5.75 Å². The lowest BCUT2D eigenvalue weighted by atomic mass is 10.0. The van der Waals surface area contributed by atoms with E-state index in [1.165, 1.54) is 0 Å². The van der Waals surface area contributed by atoms with E-state index in [0.29, 0.717) is 12.5 Å². The van der Waals surface area contributed by atoms with Gasteiger partial charge in [0.15, 0.2) is 6.04 Å². The number of hydrogen-bond acceptors (Lipinski definition) is 3. The summed E-state index contributed by atoms with van der Waals surface area (Å²) in [5, 5.41) is 3.98. The summed E-state index contributed by atoms with van der Waals surface area (Å²) in [6.07, 6.45) is 4.38. The summed E-state index contributed by atoms with van der Waals surface area (Å²) in [6, 6.07) is 7.53. The van der Waals surface area contributed by atoms with Crippen LogP contribution in [0.5, 0.6) is 5.75 Å². The fourth-order valence-electron chi connectivity index (χ4n) is 2.15. The molecule has 1 aliphatic heterocycles. The van der Waals surface area contributed by atoms with Gasteiger partial charge in [-0.25, -0.2) is 5.43 Å². The first-order valence-corrected chi connectivity index (χ1v) is 7.14. The molecule has 1 atom stereocenters. The third-order valence-electron chi connectivity index (χ3n) is 3.19. The van der Waals surface area contributed by atoms with Crippen LogP contribution in [0.25, 0.3) is 6.08 Å². The fourth-order valence-corrected chi connectivity index (χ4v) is 2.15. The molecule has 0 fully saturated rings. The van der Waals surface area contributed by atoms with Gasteiger partial charge in [-0.3, -0.25) is 4.79 Å². The third-order valence-corrected chi connectivity index (χ3v) is 3.19. The molecule has 0 aromatic heterocycles. The minimum atomic E-state index is -0.278. The molecule has 4 N–H and O–H groups in total. The van der Waals surface area contributed by atoms with Crippen LogP contribution in [0, 0.1) is 5.92 Å². The predicted molar refractivity (Wildman–Crippen MR) is 82.7 cm³/mol. The molecular formula is C16H22ClN3O2. The summed E-state index contributed by atoms with van der Waals surface area (Å²) < 4.78 is 5.61. The van der Waals surface area contributed by atoms with Crippen molar-refractivity contribution in [3.63, 3.8) is 0 Å². The predicted octanol–water partition coefficient (Wildman–Crippen LogP) is -1.77. The zero-order chi connectivity index (χ0) is 15.2. The van der Waals surface area contributed by atoms with Crippen molar-refractivity contribution in [1.82, 2.24) is 5.43 Å². The molecule has 1 aliphatic rings. The molecule has 6 heteroatoms. The number of amides is 1. The number of quaternary nitrogens is 1. The van der Waals surface area contributed by atoms with Crippen LogP contribution < -0.4 is 28.3 Å². The van der Waals surface area contributed by atoms with Crippen LogP contribution >= 0.6 is 0 Å². The number of ether oxygens (including phenoxy) is 1. The Bertz CT molecular complexity index is 570. The average Bonchev–Trinajstić information content (AvgIpc) is 2.46. The maximum absolute atomic E-state index is 11.8. The molecular weight excluding hydrogens is 302 g/mol. The van der Waals surface area contributed by atoms with Gasteiger partial charge in [0.2, 0.25) is 0 Å². The lowest BCUT2D eigenvalue weighted by Gasteiger charge is -2.15. The van der Waals surface area contributed by atoms with Gasteiger partial charge in [0.1, 0.15) is 12.4 Å². The minimum absolute atomic E-state index is 0. The van der Waals surface area contributed by atoms with Gasteiger partial charge in [0, 0.05) is 17.6 Å². The maximum Gasteiger partial charge on any atom is 0.298 e. The second kappa shape index (κ2) is 8.56. The number of nitrogens with zero attached hydrogens (tertiary/aromatic N) is 1. The Kier molecular flexibility index (Phi) is 7.08. The second-order valence-electron chi connectivity index (χ2n) is 5.61. The van der Waals surface area contributed by atoms with Crippen LogP contribution in [0.4, 0.5) is 0 Å². The van der Waals surface area contributed by atoms with Gasteiger partial charge in [-0.15, -0.1) is 0 Å². The number of carbonyl (C=O) groups excluding carboxylic acids is 1. The van der Waals surface area contributed by atoms with Crippen molar-refractivity contribution in [1.29, 1.82) is 0 Å². The van der Waals surface area contributed by atoms with E-state index in [1.54, 1.807) is 6.21 Å². The molecule has 0 radical (unpaired) electrons. The summed E-state index contributed by atoms with van der Waals surface area (Å²) in [5.74, 6) is 1.15. The number of para-hydroxylation sites is 1. The van der Waals surface area contributed by atoms with E-state index in [0.717, 1.165) is 23.3 Å². The number of benzene rings is 1. The normalized spacial score (nSPS) is 14.6. The number of hydrogen-bond donors (Lipinski definition) is 2. The van der Waals surface area contributed by atoms with Crippen molar-refractivity contribution >= 4 is 18.2 Å². The molecule has 0 saturated heterocycles. The smallest absolute Gasteiger partial charge is 0.298 e. The number of carbonyl (C=O) groups is 1. The Morgan fingerprint density at radius 2 is 2.18 bits per heavy atom. The summed E-state index contributed by atoms with van der Waals surface area (Å²) in [5.41, 5.74) is 8.31. The van der Waals surface area contributed by atoms with Crippen molar-refractivity contribution < 1.29 is 27.7 Å². The van der Waals surface area contributed by atoms with Gasteiger partial charge >= 0.3 is 0 Å². The van der Waals surface area contributed by atoms with Crippen LogP contribution in [-0.2, 0) is 4.79 Å². The van der Waals surface area contributed by atoms with Gasteiger partial charge in [-0.05, 0) is 18.1 Å². The van der Waals surface area contributed by atoms with Crippen LogP contribution in [-0.4, -0.2) is 24.8 Å². The van der Waals surface area contributed by atoms with Crippen LogP contribution in [0.3, 0.4) is 0 Å². The van der Waals surface area contributed by atoms with E-state index < -0.39 is 0 Å². The Balaban J connectivity index is 0.00000242. The highest BCUT2D eigenvalue weighted by molar-refractivity contribution is 5.89. The van der Waals surface area contributed by atoms with Crippen LogP contribution in [0.15, 0.2) is 34.9 Å². The highest BCUT2D eigenvalue weighted by atomic mass is 35.5. The SMILES string of the molecule is CC(C)C[C@@H]([NH3+])C(=O)NN=CC1=Cc2ccccc2OC1.[Cl-]. The molecule has 120 valence electrons. The van der Waals surface area contributed by atoms with Gasteiger partial charge in [-0.2, -0.15) is 5.10 Å². The molecule has 5 nitrogen and oxygen atoms in total. The summed E-state index contributed by atoms with van der Waals surface area (Å²) in [6.45, 7) is 4.59. The third kappa shape index (κ3) is 5.16. The average molecular weight is 324 g/mol. The number of nitrogens with one attached hydrogen (secondary N) is 1. The molecule has 1 aromatic carbocycles. The Hall–Kier alpha value is -1.85. The fraction of sp³-hybridized carbons (Fsp3) is 0.375. The van der Waals surface area contributed by atoms with Gasteiger partial charge in [0.05, 0.1) is 6.21 Å². The zero-order valence-corrected chi connectivity index (χ0v) is 13.6. The number of rotatable bonds is 5. The number of fused-ring (bicyclic) bond motifs is 1. The highest BCUT2D eigenvalue weighted by Crippen LogP contribution is 2.24. The molecule has 0 bridgehead atoms. The maximum atomic E-state index is 11.8. The number of hydrazone groups is 1. The van der Waals surface area contributed by atoms with Gasteiger partial charge in [-0.1, -0.05) is 32.0 Å². The van der Waals surface area contributed by atoms with Crippen molar-refractivity contribution in [2.75, 3.05) is 6.61 Å². The van der Waals surface area contributed by atoms with E-state index in [-0.39, 0.29) is 24.4 Å². The molecule has 0 unspecified atom stereocenters. The van der Waals surface area contributed by atoms with Gasteiger partial charge in [0.25, 0.3) is 5.91 Å². The molecule has 2 rings (SSSR count). The van der Waals surface area contributed by atoms with E-state index in [4.69, 9.17) is 4.74 Å². The highest BCUT2D eigenvalue weighted by Gasteiger charge is 2.17. The molecule has 0 aliphatic carbocycles. The van der Waals surface area contributed by atoms with E-state index in [2.05, 4.69) is 30.1 Å². The first kappa shape index (κ1) is 18.2. The molecule has 1 amide bonds. The first-order chi connectivity index (χ1) is 10.1. The van der Waals surface area contributed by atoms with Gasteiger partial charge < -0.3 is 22.9 Å². The molecule has 22 heavy (non-hydrogen) atoms. The quantitative estimate of drug-likeness (QED) is 0.497. The molecule has 0 saturated carbocycles. The number of halogens is 1. The standard InChI is InChI=1S/C16H21N3O2.ClH/c1-11(2)7-14(17)16(20)19-18-9-12-8-13-5-3-4-6-15(13)21-10-12;/h3-6,8-9,11,14H,7,10,17H2,1-2H3,(H,19,20);1H/t14-;/m1./s1. The lowest BCUT2D eigenvalue weighted by molar-refractivity contribution is -0.406. The Labute approximate surface area is 137 Å². The topological polar surface area (TPSA) is 78.3 Å². The monoisotopic (exact) mass is 323 g/mol. The summed E-state index contributed by atoms with van der Waals surface area (Å²) in [4.78, 5) is 11.8. The van der Waals surface area contributed by atoms with Crippen LogP contribution in [0.2, 0.25) is 0 Å². The summed E-state index contributed by atoms with van der Waals surface area (Å²) >= 11 is 0. The van der Waals surface area contributed by atoms with E-state index in [1.807, 2.05) is 30.3 Å². The molecule has 1 heterocycles. The molecule has 0 spiro atoms. The van der Waals surface area contributed by atoms with E-state index in [9.17, 15) is 4.79 Å². The summed E-state index contributed by atoms with van der Waals surface area (Å²) in [7, 11) is 0. The van der Waals surface area contributed by atoms with Crippen molar-refractivity contribution in [2.45, 2.75) is 26.3 Å². The van der Waals surface area contributed by atoms with E-state index >= 15 is 0 Å². The largest absolute Gasteiger partial charge is 1.00 e. The Morgan fingerprint density at radius 3 is 2.91 bits per heavy atom. The van der Waals surface area contributed by atoms with Crippen LogP contribution in [0.1, 0.15) is 25.8 Å². The second-order valence-corrected chi connectivity index (χ2v) is 5.61. The zero-order valence-electron chi connectivity index (χ0n) is 12.9. The Morgan fingerprint density at radius 1 is 1.45 bits per heavy atom. The van der Waals surface area contributed by atoms with Crippen molar-refractivity contribution in [2.24, 2.45) is 11.0 Å². The first-order valence-electron chi connectivity index (χ1n) is 7.14. The minimum Gasteiger partial charge on any atom is -1.00 e.